The van der Waals surface area contributed by atoms with Gasteiger partial charge in [0.05, 0.1) is 6.54 Å². The molecule has 0 bridgehead atoms. The lowest BCUT2D eigenvalue weighted by atomic mass is 10.1. The summed E-state index contributed by atoms with van der Waals surface area (Å²) in [5, 5.41) is 0. The van der Waals surface area contributed by atoms with Crippen molar-refractivity contribution in [1.29, 1.82) is 0 Å². The second kappa shape index (κ2) is 7.96. The molecule has 4 heterocycles. The molecule has 4 aromatic rings. The topological polar surface area (TPSA) is 94.9 Å². The van der Waals surface area contributed by atoms with Gasteiger partial charge in [0.25, 0.3) is 5.56 Å². The molecule has 0 saturated carbocycles. The number of anilines is 1. The Labute approximate surface area is 180 Å². The number of pyridine rings is 1. The van der Waals surface area contributed by atoms with Gasteiger partial charge in [0, 0.05) is 44.1 Å². The summed E-state index contributed by atoms with van der Waals surface area (Å²) in [5.41, 5.74) is 9.03. The van der Waals surface area contributed by atoms with Gasteiger partial charge < -0.3 is 10.6 Å². The predicted octanol–water partition coefficient (Wildman–Crippen LogP) is 2.17. The first-order chi connectivity index (χ1) is 15.1. The Bertz CT molecular complexity index is 1260. The first-order valence-corrected chi connectivity index (χ1v) is 10.5. The van der Waals surface area contributed by atoms with Gasteiger partial charge in [0.15, 0.2) is 11.2 Å². The van der Waals surface area contributed by atoms with E-state index in [4.69, 9.17) is 15.7 Å². The van der Waals surface area contributed by atoms with Crippen LogP contribution in [0.5, 0.6) is 0 Å². The molecule has 0 radical (unpaired) electrons. The van der Waals surface area contributed by atoms with E-state index in [0.717, 1.165) is 43.0 Å². The van der Waals surface area contributed by atoms with E-state index >= 15 is 0 Å². The molecule has 31 heavy (non-hydrogen) atoms. The lowest BCUT2D eigenvalue weighted by Gasteiger charge is -2.31. The van der Waals surface area contributed by atoms with Crippen molar-refractivity contribution < 1.29 is 0 Å². The Kier molecular flexibility index (Phi) is 4.99. The van der Waals surface area contributed by atoms with Crippen LogP contribution in [-0.4, -0.2) is 43.2 Å². The van der Waals surface area contributed by atoms with Crippen molar-refractivity contribution in [1.82, 2.24) is 24.1 Å². The standard InChI is InChI=1S/C23H25N7O/c1-28-21(17-9-11-25-12-10-17)26-20-19(22(28)31)30(14-16-6-3-2-4-7-16)23(27-20)29-13-5-8-18(24)15-29/h2-4,6-7,9-12,18H,5,8,13-15,24H2,1H3. The summed E-state index contributed by atoms with van der Waals surface area (Å²) in [4.78, 5) is 29.4. The SMILES string of the molecule is Cn1c(-c2ccncc2)nc2nc(N3CCCC(N)C3)n(Cc3ccccc3)c2c1=O. The minimum atomic E-state index is -0.118. The molecule has 0 spiro atoms. The van der Waals surface area contributed by atoms with Crippen molar-refractivity contribution in [3.63, 3.8) is 0 Å². The van der Waals surface area contributed by atoms with Crippen molar-refractivity contribution in [2.24, 2.45) is 12.8 Å². The molecule has 158 valence electrons. The fourth-order valence-corrected chi connectivity index (χ4v) is 4.26. The summed E-state index contributed by atoms with van der Waals surface area (Å²) in [6.45, 7) is 2.13. The number of piperidine rings is 1. The van der Waals surface area contributed by atoms with Gasteiger partial charge in [-0.25, -0.2) is 4.98 Å². The smallest absolute Gasteiger partial charge is 0.279 e. The van der Waals surface area contributed by atoms with Crippen LogP contribution in [-0.2, 0) is 13.6 Å². The maximum Gasteiger partial charge on any atom is 0.279 e. The Hall–Kier alpha value is -3.52. The van der Waals surface area contributed by atoms with E-state index in [2.05, 4.69) is 22.0 Å². The van der Waals surface area contributed by atoms with Gasteiger partial charge in [-0.1, -0.05) is 30.3 Å². The summed E-state index contributed by atoms with van der Waals surface area (Å²) in [6.07, 6.45) is 5.39. The zero-order valence-electron chi connectivity index (χ0n) is 17.5. The number of nitrogens with two attached hydrogens (primary N) is 1. The molecule has 8 heteroatoms. The number of rotatable bonds is 4. The summed E-state index contributed by atoms with van der Waals surface area (Å²) in [6, 6.07) is 13.9. The van der Waals surface area contributed by atoms with Crippen molar-refractivity contribution in [2.75, 3.05) is 18.0 Å². The molecular weight excluding hydrogens is 390 g/mol. The highest BCUT2D eigenvalue weighted by molar-refractivity contribution is 5.77. The molecule has 1 fully saturated rings. The van der Waals surface area contributed by atoms with E-state index in [9.17, 15) is 4.79 Å². The summed E-state index contributed by atoms with van der Waals surface area (Å²) in [7, 11) is 1.75. The van der Waals surface area contributed by atoms with Gasteiger partial charge in [0.1, 0.15) is 5.82 Å². The number of nitrogens with zero attached hydrogens (tertiary/aromatic N) is 6. The summed E-state index contributed by atoms with van der Waals surface area (Å²) < 4.78 is 3.58. The summed E-state index contributed by atoms with van der Waals surface area (Å²) >= 11 is 0. The molecule has 0 amide bonds. The van der Waals surface area contributed by atoms with E-state index in [1.807, 2.05) is 34.9 Å². The molecule has 5 rings (SSSR count). The number of aromatic nitrogens is 5. The van der Waals surface area contributed by atoms with Crippen LogP contribution < -0.4 is 16.2 Å². The molecule has 1 unspecified atom stereocenters. The van der Waals surface area contributed by atoms with Crippen molar-refractivity contribution >= 4 is 17.1 Å². The van der Waals surface area contributed by atoms with E-state index in [1.54, 1.807) is 24.0 Å². The van der Waals surface area contributed by atoms with Gasteiger partial charge in [0.2, 0.25) is 5.95 Å². The van der Waals surface area contributed by atoms with Gasteiger partial charge >= 0.3 is 0 Å². The number of imidazole rings is 1. The molecule has 1 atom stereocenters. The lowest BCUT2D eigenvalue weighted by Crippen LogP contribution is -2.44. The zero-order chi connectivity index (χ0) is 21.4. The Morgan fingerprint density at radius 3 is 2.61 bits per heavy atom. The largest absolute Gasteiger partial charge is 0.341 e. The Morgan fingerprint density at radius 2 is 1.87 bits per heavy atom. The van der Waals surface area contributed by atoms with Crippen LogP contribution in [0.4, 0.5) is 5.95 Å². The van der Waals surface area contributed by atoms with Crippen LogP contribution in [0.1, 0.15) is 18.4 Å². The molecule has 8 nitrogen and oxygen atoms in total. The van der Waals surface area contributed by atoms with Gasteiger partial charge in [-0.3, -0.25) is 18.9 Å². The summed E-state index contributed by atoms with van der Waals surface area (Å²) in [5.74, 6) is 1.33. The minimum absolute atomic E-state index is 0.0990. The second-order valence-electron chi connectivity index (χ2n) is 8.04. The first kappa shape index (κ1) is 19.4. The van der Waals surface area contributed by atoms with E-state index in [0.29, 0.717) is 23.5 Å². The molecule has 1 saturated heterocycles. The Morgan fingerprint density at radius 1 is 1.10 bits per heavy atom. The minimum Gasteiger partial charge on any atom is -0.341 e. The monoisotopic (exact) mass is 415 g/mol. The average molecular weight is 416 g/mol. The van der Waals surface area contributed by atoms with E-state index < -0.39 is 0 Å². The predicted molar refractivity (Wildman–Crippen MR) is 121 cm³/mol. The number of fused-ring (bicyclic) bond motifs is 1. The maximum absolute atomic E-state index is 13.5. The van der Waals surface area contributed by atoms with E-state index in [1.165, 1.54) is 0 Å². The highest BCUT2D eigenvalue weighted by Crippen LogP contribution is 2.25. The van der Waals surface area contributed by atoms with Crippen molar-refractivity contribution in [3.8, 4) is 11.4 Å². The quantitative estimate of drug-likeness (QED) is 0.549. The molecule has 2 N–H and O–H groups in total. The molecule has 0 aliphatic carbocycles. The fraction of sp³-hybridized carbons (Fsp3) is 0.304. The molecule has 1 aliphatic heterocycles. The average Bonchev–Trinajstić information content (AvgIpc) is 3.16. The zero-order valence-corrected chi connectivity index (χ0v) is 17.5. The number of benzene rings is 1. The number of hydrogen-bond donors (Lipinski definition) is 1. The molecule has 3 aromatic heterocycles. The third kappa shape index (κ3) is 3.59. The van der Waals surface area contributed by atoms with E-state index in [-0.39, 0.29) is 11.6 Å². The van der Waals surface area contributed by atoms with Crippen LogP contribution in [0, 0.1) is 0 Å². The lowest BCUT2D eigenvalue weighted by molar-refractivity contribution is 0.495. The van der Waals surface area contributed by atoms with Gasteiger partial charge in [-0.2, -0.15) is 4.98 Å². The van der Waals surface area contributed by atoms with Crippen molar-refractivity contribution in [3.05, 3.63) is 70.8 Å². The van der Waals surface area contributed by atoms with Crippen LogP contribution in [0.25, 0.3) is 22.6 Å². The van der Waals surface area contributed by atoms with Crippen LogP contribution in [0.2, 0.25) is 0 Å². The normalized spacial score (nSPS) is 16.7. The molecule has 1 aliphatic rings. The van der Waals surface area contributed by atoms with Crippen LogP contribution in [0.15, 0.2) is 59.7 Å². The number of hydrogen-bond acceptors (Lipinski definition) is 6. The highest BCUT2D eigenvalue weighted by Gasteiger charge is 2.25. The fourth-order valence-electron chi connectivity index (χ4n) is 4.26. The van der Waals surface area contributed by atoms with Gasteiger partial charge in [-0.15, -0.1) is 0 Å². The highest BCUT2D eigenvalue weighted by atomic mass is 16.1. The van der Waals surface area contributed by atoms with Gasteiger partial charge in [-0.05, 0) is 30.5 Å². The second-order valence-corrected chi connectivity index (χ2v) is 8.04. The molecule has 1 aromatic carbocycles. The third-order valence-electron chi connectivity index (χ3n) is 5.83. The third-order valence-corrected chi connectivity index (χ3v) is 5.83. The first-order valence-electron chi connectivity index (χ1n) is 10.5. The maximum atomic E-state index is 13.5. The molecular formula is C23H25N7O. The van der Waals surface area contributed by atoms with Crippen LogP contribution in [0.3, 0.4) is 0 Å². The van der Waals surface area contributed by atoms with Crippen LogP contribution >= 0.6 is 0 Å². The van der Waals surface area contributed by atoms with Crippen molar-refractivity contribution in [2.45, 2.75) is 25.4 Å². The Balaban J connectivity index is 1.72.